The highest BCUT2D eigenvalue weighted by molar-refractivity contribution is 5.77. The van der Waals surface area contributed by atoms with Crippen molar-refractivity contribution in [3.05, 3.63) is 48.0 Å². The van der Waals surface area contributed by atoms with Crippen molar-refractivity contribution in [3.63, 3.8) is 0 Å². The van der Waals surface area contributed by atoms with Crippen molar-refractivity contribution < 1.29 is 4.74 Å². The summed E-state index contributed by atoms with van der Waals surface area (Å²) in [6, 6.07) is 10.0. The average Bonchev–Trinajstić information content (AvgIpc) is 2.93. The van der Waals surface area contributed by atoms with E-state index >= 15 is 0 Å². The Morgan fingerprint density at radius 1 is 1.09 bits per heavy atom. The Bertz CT molecular complexity index is 803. The van der Waals surface area contributed by atoms with E-state index in [1.54, 1.807) is 6.33 Å². The van der Waals surface area contributed by atoms with Crippen LogP contribution in [0.15, 0.2) is 36.7 Å². The summed E-state index contributed by atoms with van der Waals surface area (Å²) in [6.07, 6.45) is 2.39. The van der Waals surface area contributed by atoms with Crippen molar-refractivity contribution in [2.75, 3.05) is 0 Å². The molecule has 0 saturated heterocycles. The lowest BCUT2D eigenvalue weighted by atomic mass is 10.1. The molecule has 120 valence electrons. The zero-order chi connectivity index (χ0) is 16.4. The fourth-order valence-corrected chi connectivity index (χ4v) is 2.69. The lowest BCUT2D eigenvalue weighted by Crippen LogP contribution is -2.24. The number of ether oxygens (including phenoxy) is 1. The molecular formula is C18H22N4O. The van der Waals surface area contributed by atoms with E-state index < -0.39 is 0 Å². The van der Waals surface area contributed by atoms with E-state index in [-0.39, 0.29) is 5.54 Å². The quantitative estimate of drug-likeness (QED) is 0.737. The fraction of sp³-hybridized carbons (Fsp3) is 0.389. The molecule has 0 aliphatic carbocycles. The van der Waals surface area contributed by atoms with Crippen LogP contribution < -0.4 is 4.74 Å². The van der Waals surface area contributed by atoms with Crippen LogP contribution in [0, 0.1) is 0 Å². The van der Waals surface area contributed by atoms with Crippen molar-refractivity contribution in [2.24, 2.45) is 0 Å². The smallest absolute Gasteiger partial charge is 0.245 e. The first-order valence-electron chi connectivity index (χ1n) is 7.90. The molecule has 0 bridgehead atoms. The van der Waals surface area contributed by atoms with Crippen LogP contribution in [0.5, 0.6) is 5.88 Å². The summed E-state index contributed by atoms with van der Waals surface area (Å²) < 4.78 is 8.07. The SMILES string of the molecule is CCc1nc2c(OCc3ccccc3)ncnc2n1C(C)(C)C. The predicted molar refractivity (Wildman–Crippen MR) is 90.5 cm³/mol. The van der Waals surface area contributed by atoms with E-state index in [0.29, 0.717) is 12.5 Å². The minimum absolute atomic E-state index is 0.0921. The zero-order valence-electron chi connectivity index (χ0n) is 14.1. The molecule has 0 aliphatic rings. The summed E-state index contributed by atoms with van der Waals surface area (Å²) in [5.41, 5.74) is 2.57. The van der Waals surface area contributed by atoms with E-state index in [2.05, 4.69) is 42.2 Å². The minimum atomic E-state index is -0.0921. The van der Waals surface area contributed by atoms with Crippen LogP contribution in [0.1, 0.15) is 39.1 Å². The Morgan fingerprint density at radius 2 is 1.83 bits per heavy atom. The average molecular weight is 310 g/mol. The molecule has 2 heterocycles. The summed E-state index contributed by atoms with van der Waals surface area (Å²) in [4.78, 5) is 13.4. The van der Waals surface area contributed by atoms with Crippen molar-refractivity contribution in [2.45, 2.75) is 46.3 Å². The van der Waals surface area contributed by atoms with Crippen molar-refractivity contribution in [1.29, 1.82) is 0 Å². The predicted octanol–water partition coefficient (Wildman–Crippen LogP) is 3.72. The molecule has 0 N–H and O–H groups in total. The molecule has 5 heteroatoms. The Kier molecular flexibility index (Phi) is 4.03. The van der Waals surface area contributed by atoms with Crippen LogP contribution in [-0.4, -0.2) is 19.5 Å². The molecule has 0 atom stereocenters. The molecule has 0 saturated carbocycles. The van der Waals surface area contributed by atoms with Gasteiger partial charge in [0.05, 0.1) is 0 Å². The van der Waals surface area contributed by atoms with Gasteiger partial charge in [0.2, 0.25) is 5.88 Å². The number of aromatic nitrogens is 4. The molecular weight excluding hydrogens is 288 g/mol. The third kappa shape index (κ3) is 3.04. The Balaban J connectivity index is 2.00. The van der Waals surface area contributed by atoms with Crippen molar-refractivity contribution in [3.8, 4) is 5.88 Å². The Labute approximate surface area is 136 Å². The second-order valence-electron chi connectivity index (χ2n) is 6.51. The molecule has 23 heavy (non-hydrogen) atoms. The summed E-state index contributed by atoms with van der Waals surface area (Å²) in [7, 11) is 0. The summed E-state index contributed by atoms with van der Waals surface area (Å²) in [6.45, 7) is 9.03. The summed E-state index contributed by atoms with van der Waals surface area (Å²) in [5.74, 6) is 1.54. The van der Waals surface area contributed by atoms with E-state index in [1.165, 1.54) is 0 Å². The minimum Gasteiger partial charge on any atom is -0.471 e. The number of hydrogen-bond donors (Lipinski definition) is 0. The lowest BCUT2D eigenvalue weighted by molar-refractivity contribution is 0.297. The summed E-state index contributed by atoms with van der Waals surface area (Å²) >= 11 is 0. The highest BCUT2D eigenvalue weighted by Gasteiger charge is 2.23. The van der Waals surface area contributed by atoms with Gasteiger partial charge in [-0.3, -0.25) is 0 Å². The van der Waals surface area contributed by atoms with Gasteiger partial charge in [-0.15, -0.1) is 0 Å². The van der Waals surface area contributed by atoms with Gasteiger partial charge < -0.3 is 9.30 Å². The van der Waals surface area contributed by atoms with Gasteiger partial charge in [-0.1, -0.05) is 37.3 Å². The Morgan fingerprint density at radius 3 is 2.48 bits per heavy atom. The number of benzene rings is 1. The number of aryl methyl sites for hydroxylation is 1. The number of imidazole rings is 1. The van der Waals surface area contributed by atoms with Gasteiger partial charge in [0, 0.05) is 12.0 Å². The largest absolute Gasteiger partial charge is 0.471 e. The zero-order valence-corrected chi connectivity index (χ0v) is 14.1. The maximum Gasteiger partial charge on any atom is 0.245 e. The number of hydrogen-bond acceptors (Lipinski definition) is 4. The fourth-order valence-electron chi connectivity index (χ4n) is 2.69. The topological polar surface area (TPSA) is 52.8 Å². The van der Waals surface area contributed by atoms with Crippen LogP contribution in [0.3, 0.4) is 0 Å². The molecule has 0 unspecified atom stereocenters. The van der Waals surface area contributed by atoms with E-state index in [0.717, 1.165) is 29.0 Å². The number of rotatable bonds is 4. The first kappa shape index (κ1) is 15.5. The Hall–Kier alpha value is -2.43. The van der Waals surface area contributed by atoms with Crippen LogP contribution in [0.4, 0.5) is 0 Å². The van der Waals surface area contributed by atoms with Gasteiger partial charge in [0.15, 0.2) is 11.2 Å². The van der Waals surface area contributed by atoms with Gasteiger partial charge in [0.25, 0.3) is 0 Å². The molecule has 5 nitrogen and oxygen atoms in total. The van der Waals surface area contributed by atoms with E-state index in [1.807, 2.05) is 30.3 Å². The summed E-state index contributed by atoms with van der Waals surface area (Å²) in [5, 5.41) is 0. The van der Waals surface area contributed by atoms with Gasteiger partial charge >= 0.3 is 0 Å². The lowest BCUT2D eigenvalue weighted by Gasteiger charge is -2.23. The van der Waals surface area contributed by atoms with Gasteiger partial charge in [0.1, 0.15) is 18.8 Å². The van der Waals surface area contributed by atoms with Gasteiger partial charge in [-0.05, 0) is 26.3 Å². The highest BCUT2D eigenvalue weighted by Crippen LogP contribution is 2.28. The standard InChI is InChI=1S/C18H22N4O/c1-5-14-21-15-16(22(14)18(2,3)4)19-12-20-17(15)23-11-13-9-7-6-8-10-13/h6-10,12H,5,11H2,1-4H3. The molecule has 3 rings (SSSR count). The first-order valence-corrected chi connectivity index (χ1v) is 7.90. The normalized spacial score (nSPS) is 11.8. The van der Waals surface area contributed by atoms with Crippen LogP contribution in [0.25, 0.3) is 11.2 Å². The molecule has 0 radical (unpaired) electrons. The third-order valence-electron chi connectivity index (χ3n) is 3.69. The van der Waals surface area contributed by atoms with E-state index in [4.69, 9.17) is 9.72 Å². The van der Waals surface area contributed by atoms with Crippen LogP contribution >= 0.6 is 0 Å². The molecule has 0 aliphatic heterocycles. The van der Waals surface area contributed by atoms with Crippen molar-refractivity contribution >= 4 is 11.2 Å². The highest BCUT2D eigenvalue weighted by atomic mass is 16.5. The molecule has 0 amide bonds. The van der Waals surface area contributed by atoms with Crippen LogP contribution in [0.2, 0.25) is 0 Å². The maximum absolute atomic E-state index is 5.90. The van der Waals surface area contributed by atoms with Crippen LogP contribution in [-0.2, 0) is 18.6 Å². The van der Waals surface area contributed by atoms with Gasteiger partial charge in [-0.25, -0.2) is 9.97 Å². The molecule has 3 aromatic rings. The van der Waals surface area contributed by atoms with E-state index in [9.17, 15) is 0 Å². The number of nitrogens with zero attached hydrogens (tertiary/aromatic N) is 4. The molecule has 0 spiro atoms. The maximum atomic E-state index is 5.90. The second-order valence-corrected chi connectivity index (χ2v) is 6.51. The second kappa shape index (κ2) is 5.99. The molecule has 1 aromatic carbocycles. The molecule has 0 fully saturated rings. The third-order valence-corrected chi connectivity index (χ3v) is 3.69. The van der Waals surface area contributed by atoms with Crippen molar-refractivity contribution in [1.82, 2.24) is 19.5 Å². The monoisotopic (exact) mass is 310 g/mol. The number of fused-ring (bicyclic) bond motifs is 1. The van der Waals surface area contributed by atoms with Gasteiger partial charge in [-0.2, -0.15) is 4.98 Å². The molecule has 2 aromatic heterocycles. The first-order chi connectivity index (χ1) is 11.0.